The molecule has 2 atom stereocenters. The van der Waals surface area contributed by atoms with Gasteiger partial charge in [-0.2, -0.15) is 4.39 Å². The number of halogens is 1. The molecule has 1 aliphatic heterocycles. The molecule has 3 nitrogen and oxygen atoms in total. The first kappa shape index (κ1) is 17.0. The molecule has 3 saturated carbocycles. The van der Waals surface area contributed by atoms with Crippen molar-refractivity contribution in [1.82, 2.24) is 0 Å². The number of benzene rings is 1. The SMILES string of the molecule is Cc1cc(N2CC3CC2c2cc(F)sc23)cc(C)c1NC(=O)CC12CC(C1)C2. The maximum absolute atomic E-state index is 13.7. The first-order valence-corrected chi connectivity index (χ1v) is 11.2. The molecule has 2 unspecified atom stereocenters. The van der Waals surface area contributed by atoms with Crippen LogP contribution < -0.4 is 10.2 Å². The summed E-state index contributed by atoms with van der Waals surface area (Å²) < 4.78 is 13.7. The molecule has 1 aromatic carbocycles. The van der Waals surface area contributed by atoms with E-state index in [1.165, 1.54) is 46.7 Å². The van der Waals surface area contributed by atoms with Crippen LogP contribution in [0.25, 0.3) is 0 Å². The van der Waals surface area contributed by atoms with Crippen LogP contribution in [0.4, 0.5) is 15.8 Å². The Hall–Kier alpha value is -1.88. The highest BCUT2D eigenvalue weighted by molar-refractivity contribution is 7.10. The lowest BCUT2D eigenvalue weighted by Crippen LogP contribution is -2.53. The number of thiophene rings is 1. The van der Waals surface area contributed by atoms with Crippen LogP contribution >= 0.6 is 11.3 Å². The second-order valence-electron chi connectivity index (χ2n) is 9.63. The van der Waals surface area contributed by atoms with Crippen LogP contribution in [0.1, 0.15) is 65.6 Å². The van der Waals surface area contributed by atoms with Gasteiger partial charge in [0.15, 0.2) is 5.13 Å². The highest BCUT2D eigenvalue weighted by Gasteiger charge is 2.57. The van der Waals surface area contributed by atoms with Crippen LogP contribution in [0, 0.1) is 30.3 Å². The molecule has 1 N–H and O–H groups in total. The van der Waals surface area contributed by atoms with Crippen molar-refractivity contribution in [2.75, 3.05) is 16.8 Å². The molecular weight excluding hydrogens is 371 g/mol. The van der Waals surface area contributed by atoms with Gasteiger partial charge in [0, 0.05) is 35.1 Å². The first-order chi connectivity index (χ1) is 13.4. The van der Waals surface area contributed by atoms with Gasteiger partial charge in [-0.25, -0.2) is 0 Å². The lowest BCUT2D eigenvalue weighted by Gasteiger charge is -2.61. The second-order valence-corrected chi connectivity index (χ2v) is 10.7. The van der Waals surface area contributed by atoms with Crippen LogP contribution in [0.2, 0.25) is 0 Å². The van der Waals surface area contributed by atoms with Crippen molar-refractivity contribution in [3.8, 4) is 0 Å². The smallest absolute Gasteiger partial charge is 0.224 e. The molecule has 5 aliphatic rings. The quantitative estimate of drug-likeness (QED) is 0.721. The molecule has 1 saturated heterocycles. The summed E-state index contributed by atoms with van der Waals surface area (Å²) in [7, 11) is 0. The average molecular weight is 397 g/mol. The Balaban J connectivity index is 1.23. The third kappa shape index (κ3) is 2.35. The fraction of sp³-hybridized carbons (Fsp3) is 0.522. The highest BCUT2D eigenvalue weighted by atomic mass is 32.1. The maximum Gasteiger partial charge on any atom is 0.224 e. The summed E-state index contributed by atoms with van der Waals surface area (Å²) >= 11 is 1.33. The number of rotatable bonds is 4. The molecule has 2 aromatic rings. The minimum atomic E-state index is -0.0596. The molecule has 0 spiro atoms. The fourth-order valence-electron chi connectivity index (χ4n) is 6.27. The van der Waals surface area contributed by atoms with Gasteiger partial charge in [0.2, 0.25) is 5.91 Å². The van der Waals surface area contributed by atoms with E-state index in [2.05, 4.69) is 36.2 Å². The molecule has 1 amide bonds. The molecule has 4 aliphatic carbocycles. The maximum atomic E-state index is 13.7. The monoisotopic (exact) mass is 396 g/mol. The number of amides is 1. The average Bonchev–Trinajstić information content (AvgIpc) is 3.23. The zero-order valence-corrected chi connectivity index (χ0v) is 17.2. The van der Waals surface area contributed by atoms with E-state index in [0.717, 1.165) is 35.7 Å². The van der Waals surface area contributed by atoms with Crippen molar-refractivity contribution in [3.63, 3.8) is 0 Å². The van der Waals surface area contributed by atoms with Crippen LogP contribution in [0.5, 0.6) is 0 Å². The Morgan fingerprint density at radius 1 is 1.25 bits per heavy atom. The van der Waals surface area contributed by atoms with Crippen molar-refractivity contribution in [2.24, 2.45) is 11.3 Å². The van der Waals surface area contributed by atoms with Gasteiger partial charge in [0.25, 0.3) is 0 Å². The van der Waals surface area contributed by atoms with E-state index in [0.29, 0.717) is 23.8 Å². The predicted octanol–water partition coefficient (Wildman–Crippen LogP) is 5.68. The number of hydrogen-bond acceptors (Lipinski definition) is 3. The molecule has 5 heteroatoms. The van der Waals surface area contributed by atoms with Crippen LogP contribution in [-0.4, -0.2) is 12.5 Å². The number of carbonyl (C=O) groups excluding carboxylic acids is 1. The van der Waals surface area contributed by atoms with E-state index in [1.807, 2.05) is 0 Å². The third-order valence-corrected chi connectivity index (χ3v) is 8.71. The van der Waals surface area contributed by atoms with E-state index in [4.69, 9.17) is 0 Å². The summed E-state index contributed by atoms with van der Waals surface area (Å²) in [4.78, 5) is 16.3. The zero-order valence-electron chi connectivity index (χ0n) is 16.3. The van der Waals surface area contributed by atoms with Gasteiger partial charge in [-0.1, -0.05) is 0 Å². The Morgan fingerprint density at radius 3 is 2.61 bits per heavy atom. The molecule has 4 bridgehead atoms. The van der Waals surface area contributed by atoms with Crippen molar-refractivity contribution in [3.05, 3.63) is 44.9 Å². The fourth-order valence-corrected chi connectivity index (χ4v) is 7.32. The van der Waals surface area contributed by atoms with E-state index >= 15 is 0 Å². The van der Waals surface area contributed by atoms with Crippen molar-refractivity contribution < 1.29 is 9.18 Å². The van der Waals surface area contributed by atoms with Gasteiger partial charge < -0.3 is 10.2 Å². The largest absolute Gasteiger partial charge is 0.364 e. The van der Waals surface area contributed by atoms with Crippen molar-refractivity contribution in [2.45, 2.75) is 57.9 Å². The summed E-state index contributed by atoms with van der Waals surface area (Å²) in [6, 6.07) is 6.40. The van der Waals surface area contributed by atoms with Gasteiger partial charge in [0.05, 0.1) is 6.04 Å². The number of carbonyl (C=O) groups is 1. The molecular formula is C23H25FN2OS. The minimum Gasteiger partial charge on any atom is -0.364 e. The van der Waals surface area contributed by atoms with Gasteiger partial charge in [0.1, 0.15) is 0 Å². The topological polar surface area (TPSA) is 32.3 Å². The minimum absolute atomic E-state index is 0.0596. The van der Waals surface area contributed by atoms with Gasteiger partial charge in [-0.3, -0.25) is 4.79 Å². The molecule has 146 valence electrons. The first-order valence-electron chi connectivity index (χ1n) is 10.4. The van der Waals surface area contributed by atoms with Gasteiger partial charge in [-0.05, 0) is 85.8 Å². The second kappa shape index (κ2) is 5.59. The van der Waals surface area contributed by atoms with Crippen molar-refractivity contribution >= 4 is 28.6 Å². The van der Waals surface area contributed by atoms with Crippen molar-refractivity contribution in [1.29, 1.82) is 0 Å². The number of aryl methyl sites for hydroxylation is 2. The lowest BCUT2D eigenvalue weighted by molar-refractivity contribution is -0.139. The summed E-state index contributed by atoms with van der Waals surface area (Å²) in [6.07, 6.45) is 5.52. The van der Waals surface area contributed by atoms with Crippen LogP contribution in [-0.2, 0) is 4.79 Å². The summed E-state index contributed by atoms with van der Waals surface area (Å²) in [5.74, 6) is 1.53. The van der Waals surface area contributed by atoms with E-state index in [9.17, 15) is 9.18 Å². The Morgan fingerprint density at radius 2 is 1.96 bits per heavy atom. The Labute approximate surface area is 168 Å². The number of nitrogens with one attached hydrogen (secondary N) is 1. The Kier molecular flexibility index (Phi) is 3.40. The number of fused-ring (bicyclic) bond motifs is 5. The predicted molar refractivity (Wildman–Crippen MR) is 111 cm³/mol. The molecule has 4 fully saturated rings. The number of anilines is 2. The van der Waals surface area contributed by atoms with E-state index in [1.54, 1.807) is 6.07 Å². The number of hydrogen-bond donors (Lipinski definition) is 1. The highest BCUT2D eigenvalue weighted by Crippen LogP contribution is 2.66. The standard InChI is InChI=1S/C23H25FN2OS/c1-12-3-16(26-11-15-5-18(26)17-6-19(24)28-22(15)17)4-13(2)21(12)25-20(27)10-23-7-14(8-23)9-23/h3-4,6,14-15,18H,5,7-11H2,1-2H3,(H,25,27). The molecule has 7 rings (SSSR count). The summed E-state index contributed by atoms with van der Waals surface area (Å²) in [5.41, 5.74) is 5.90. The molecule has 28 heavy (non-hydrogen) atoms. The third-order valence-electron chi connectivity index (χ3n) is 7.61. The number of nitrogens with zero attached hydrogens (tertiary/aromatic N) is 1. The summed E-state index contributed by atoms with van der Waals surface area (Å²) in [5, 5.41) is 3.13. The van der Waals surface area contributed by atoms with Crippen LogP contribution in [0.3, 0.4) is 0 Å². The summed E-state index contributed by atoms with van der Waals surface area (Å²) in [6.45, 7) is 5.13. The molecule has 2 heterocycles. The lowest BCUT2D eigenvalue weighted by atomic mass is 9.43. The molecule has 1 aromatic heterocycles. The normalized spacial score (nSPS) is 31.4. The Bertz CT molecular complexity index is 972. The van der Waals surface area contributed by atoms with Gasteiger partial charge in [-0.15, -0.1) is 11.3 Å². The van der Waals surface area contributed by atoms with Gasteiger partial charge >= 0.3 is 0 Å². The van der Waals surface area contributed by atoms with E-state index < -0.39 is 0 Å². The van der Waals surface area contributed by atoms with E-state index in [-0.39, 0.29) is 11.0 Å². The zero-order chi connectivity index (χ0) is 19.2. The van der Waals surface area contributed by atoms with Crippen LogP contribution in [0.15, 0.2) is 18.2 Å². The molecule has 0 radical (unpaired) electrons.